The van der Waals surface area contributed by atoms with E-state index in [1.807, 2.05) is 13.8 Å². The molecule has 3 N–H and O–H groups in total. The predicted molar refractivity (Wildman–Crippen MR) is 89.8 cm³/mol. The number of rotatable bonds is 3. The Kier molecular flexibility index (Phi) is 4.30. The summed E-state index contributed by atoms with van der Waals surface area (Å²) in [5.41, 5.74) is 7.89. The number of H-pyrrole nitrogens is 1. The van der Waals surface area contributed by atoms with E-state index < -0.39 is 0 Å². The van der Waals surface area contributed by atoms with Crippen LogP contribution in [0, 0.1) is 18.7 Å². The maximum absolute atomic E-state index is 13.6. The van der Waals surface area contributed by atoms with Crippen molar-refractivity contribution in [2.75, 3.05) is 6.54 Å². The third kappa shape index (κ3) is 3.00. The monoisotopic (exact) mass is 331 g/mol. The Hall–Kier alpha value is -2.37. The summed E-state index contributed by atoms with van der Waals surface area (Å²) in [5, 5.41) is 0.733. The Bertz CT molecular complexity index is 799. The number of aromatic amines is 1. The molecule has 0 saturated carbocycles. The minimum Gasteiger partial charge on any atom is -0.369 e. The number of nitrogens with two attached hydrogens (primary N) is 1. The van der Waals surface area contributed by atoms with Gasteiger partial charge in [-0.15, -0.1) is 0 Å². The fourth-order valence-corrected chi connectivity index (χ4v) is 3.52. The number of carbonyl (C=O) groups is 2. The van der Waals surface area contributed by atoms with Crippen molar-refractivity contribution in [3.8, 4) is 0 Å². The standard InChI is InChI=1S/C18H22FN3O2/c1-10-3-4-12(18(20)24)9-22(10)17(23)8-14-11(2)21-16-6-5-13(19)7-15(14)16/h5-7,10,12,21H,3-4,8-9H2,1-2H3,(H2,20,24). The minimum atomic E-state index is -0.356. The molecule has 5 nitrogen and oxygen atoms in total. The number of hydrogen-bond acceptors (Lipinski definition) is 2. The largest absolute Gasteiger partial charge is 0.369 e. The van der Waals surface area contributed by atoms with Gasteiger partial charge in [0, 0.05) is 29.2 Å². The number of aryl methyl sites for hydroxylation is 1. The molecule has 6 heteroatoms. The van der Waals surface area contributed by atoms with Crippen molar-refractivity contribution in [2.45, 2.75) is 39.2 Å². The smallest absolute Gasteiger partial charge is 0.227 e. The summed E-state index contributed by atoms with van der Waals surface area (Å²) in [7, 11) is 0. The molecule has 2 amide bonds. The molecule has 0 spiro atoms. The molecule has 1 aromatic heterocycles. The minimum absolute atomic E-state index is 0.0540. The van der Waals surface area contributed by atoms with Gasteiger partial charge in [-0.3, -0.25) is 9.59 Å². The lowest BCUT2D eigenvalue weighted by molar-refractivity contribution is -0.136. The van der Waals surface area contributed by atoms with Crippen molar-refractivity contribution in [1.82, 2.24) is 9.88 Å². The summed E-state index contributed by atoms with van der Waals surface area (Å²) in [6.45, 7) is 4.23. The van der Waals surface area contributed by atoms with Gasteiger partial charge >= 0.3 is 0 Å². The summed E-state index contributed by atoms with van der Waals surface area (Å²) in [5.74, 6) is -1.02. The Morgan fingerprint density at radius 3 is 2.83 bits per heavy atom. The second-order valence-corrected chi connectivity index (χ2v) is 6.67. The zero-order valence-corrected chi connectivity index (χ0v) is 13.9. The lowest BCUT2D eigenvalue weighted by Gasteiger charge is -2.37. The summed E-state index contributed by atoms with van der Waals surface area (Å²) in [6, 6.07) is 4.61. The van der Waals surface area contributed by atoms with Gasteiger partial charge in [0.1, 0.15) is 5.82 Å². The molecule has 1 aromatic carbocycles. The fraction of sp³-hybridized carbons (Fsp3) is 0.444. The van der Waals surface area contributed by atoms with E-state index in [9.17, 15) is 14.0 Å². The van der Waals surface area contributed by atoms with Gasteiger partial charge in [0.15, 0.2) is 0 Å². The third-order valence-corrected chi connectivity index (χ3v) is 5.01. The van der Waals surface area contributed by atoms with Crippen molar-refractivity contribution in [1.29, 1.82) is 0 Å². The first-order chi connectivity index (χ1) is 11.4. The number of likely N-dealkylation sites (tertiary alicyclic amines) is 1. The van der Waals surface area contributed by atoms with E-state index in [0.29, 0.717) is 6.54 Å². The number of carbonyl (C=O) groups excluding carboxylic acids is 2. The molecule has 1 saturated heterocycles. The average molecular weight is 331 g/mol. The molecule has 2 atom stereocenters. The van der Waals surface area contributed by atoms with Crippen molar-refractivity contribution in [2.24, 2.45) is 11.7 Å². The van der Waals surface area contributed by atoms with E-state index in [4.69, 9.17) is 5.73 Å². The summed E-state index contributed by atoms with van der Waals surface area (Å²) in [4.78, 5) is 29.2. The highest BCUT2D eigenvalue weighted by Gasteiger charge is 2.32. The number of halogens is 1. The fourth-order valence-electron chi connectivity index (χ4n) is 3.52. The van der Waals surface area contributed by atoms with E-state index in [1.165, 1.54) is 12.1 Å². The molecule has 3 rings (SSSR count). The lowest BCUT2D eigenvalue weighted by Crippen LogP contribution is -2.49. The third-order valence-electron chi connectivity index (χ3n) is 5.01. The van der Waals surface area contributed by atoms with Gasteiger partial charge in [0.25, 0.3) is 0 Å². The molecule has 1 fully saturated rings. The number of benzene rings is 1. The van der Waals surface area contributed by atoms with Crippen LogP contribution in [0.3, 0.4) is 0 Å². The molecule has 2 aromatic rings. The first-order valence-electron chi connectivity index (χ1n) is 8.22. The van der Waals surface area contributed by atoms with Crippen LogP contribution in [0.4, 0.5) is 4.39 Å². The van der Waals surface area contributed by atoms with Crippen LogP contribution in [0.1, 0.15) is 31.0 Å². The van der Waals surface area contributed by atoms with E-state index in [1.54, 1.807) is 11.0 Å². The first kappa shape index (κ1) is 16.5. The molecule has 128 valence electrons. The van der Waals surface area contributed by atoms with Crippen LogP contribution in [0.15, 0.2) is 18.2 Å². The van der Waals surface area contributed by atoms with E-state index >= 15 is 0 Å². The molecule has 1 aliphatic heterocycles. The first-order valence-corrected chi connectivity index (χ1v) is 8.22. The van der Waals surface area contributed by atoms with Crippen LogP contribution in [-0.4, -0.2) is 34.3 Å². The van der Waals surface area contributed by atoms with Crippen molar-refractivity contribution >= 4 is 22.7 Å². The SMILES string of the molecule is Cc1[nH]c2ccc(F)cc2c1CC(=O)N1CC(C(N)=O)CCC1C. The summed E-state index contributed by atoms with van der Waals surface area (Å²) in [6.07, 6.45) is 1.67. The van der Waals surface area contributed by atoms with Gasteiger partial charge in [-0.25, -0.2) is 4.39 Å². The predicted octanol–water partition coefficient (Wildman–Crippen LogP) is 2.27. The summed E-state index contributed by atoms with van der Waals surface area (Å²) >= 11 is 0. The van der Waals surface area contributed by atoms with Gasteiger partial charge in [-0.1, -0.05) is 0 Å². The van der Waals surface area contributed by atoms with Gasteiger partial charge in [-0.05, 0) is 50.5 Å². The molecular weight excluding hydrogens is 309 g/mol. The van der Waals surface area contributed by atoms with Crippen molar-refractivity contribution in [3.05, 3.63) is 35.3 Å². The van der Waals surface area contributed by atoms with Crippen molar-refractivity contribution in [3.63, 3.8) is 0 Å². The number of hydrogen-bond donors (Lipinski definition) is 2. The van der Waals surface area contributed by atoms with Crippen LogP contribution < -0.4 is 5.73 Å². The average Bonchev–Trinajstić information content (AvgIpc) is 2.83. The number of fused-ring (bicyclic) bond motifs is 1. The summed E-state index contributed by atoms with van der Waals surface area (Å²) < 4.78 is 13.6. The topological polar surface area (TPSA) is 79.2 Å². The molecule has 0 aliphatic carbocycles. The maximum atomic E-state index is 13.6. The number of piperidine rings is 1. The number of primary amides is 1. The second-order valence-electron chi connectivity index (χ2n) is 6.67. The highest BCUT2D eigenvalue weighted by Crippen LogP contribution is 2.26. The molecule has 2 unspecified atom stereocenters. The van der Waals surface area contributed by atoms with Gasteiger partial charge < -0.3 is 15.6 Å². The van der Waals surface area contributed by atoms with Crippen LogP contribution in [-0.2, 0) is 16.0 Å². The maximum Gasteiger partial charge on any atom is 0.227 e. The number of amides is 2. The highest BCUT2D eigenvalue weighted by atomic mass is 19.1. The van der Waals surface area contributed by atoms with E-state index in [-0.39, 0.29) is 36.0 Å². The molecular formula is C18H22FN3O2. The second kappa shape index (κ2) is 6.26. The van der Waals surface area contributed by atoms with Gasteiger partial charge in [-0.2, -0.15) is 0 Å². The zero-order valence-electron chi connectivity index (χ0n) is 13.9. The normalized spacial score (nSPS) is 21.2. The Morgan fingerprint density at radius 1 is 1.38 bits per heavy atom. The van der Waals surface area contributed by atoms with Gasteiger partial charge in [0.2, 0.25) is 11.8 Å². The molecule has 0 radical (unpaired) electrons. The molecule has 1 aliphatic rings. The number of nitrogens with zero attached hydrogens (tertiary/aromatic N) is 1. The quantitative estimate of drug-likeness (QED) is 0.905. The van der Waals surface area contributed by atoms with E-state index in [2.05, 4.69) is 4.98 Å². The van der Waals surface area contributed by atoms with Crippen LogP contribution >= 0.6 is 0 Å². The van der Waals surface area contributed by atoms with Crippen LogP contribution in [0.5, 0.6) is 0 Å². The zero-order chi connectivity index (χ0) is 17.4. The molecule has 0 bridgehead atoms. The van der Waals surface area contributed by atoms with Crippen molar-refractivity contribution < 1.29 is 14.0 Å². The molecule has 24 heavy (non-hydrogen) atoms. The Balaban J connectivity index is 1.85. The van der Waals surface area contributed by atoms with Crippen LogP contribution in [0.25, 0.3) is 10.9 Å². The Morgan fingerprint density at radius 2 is 2.12 bits per heavy atom. The van der Waals surface area contributed by atoms with Crippen LogP contribution in [0.2, 0.25) is 0 Å². The van der Waals surface area contributed by atoms with Gasteiger partial charge in [0.05, 0.1) is 12.3 Å². The number of nitrogens with one attached hydrogen (secondary N) is 1. The lowest BCUT2D eigenvalue weighted by atomic mass is 9.92. The molecule has 2 heterocycles. The Labute approximate surface area is 140 Å². The van der Waals surface area contributed by atoms with E-state index in [0.717, 1.165) is 35.0 Å². The highest BCUT2D eigenvalue weighted by molar-refractivity contribution is 5.90. The number of aromatic nitrogens is 1.